The molecule has 32 heteroatoms. The molecule has 5 rings (SSSR count). The number of aromatic nitrogens is 3. The van der Waals surface area contributed by atoms with E-state index < -0.39 is 118 Å². The molecule has 2 atom stereocenters. The number of hydrogen-bond donors (Lipinski definition) is 13. The van der Waals surface area contributed by atoms with Gasteiger partial charge in [0.1, 0.15) is 17.6 Å². The van der Waals surface area contributed by atoms with Crippen molar-refractivity contribution < 1.29 is 109 Å². The third-order valence-electron chi connectivity index (χ3n) is 12.6. The molecule has 3 heterocycles. The maximum atomic E-state index is 14.0. The van der Waals surface area contributed by atoms with Crippen LogP contribution in [-0.4, -0.2) is 228 Å². The summed E-state index contributed by atoms with van der Waals surface area (Å²) in [7, 11) is -8.83. The maximum absolute atomic E-state index is 14.0. The first-order valence-electron chi connectivity index (χ1n) is 24.8. The fraction of sp³-hybridized carbons (Fsp3) is 0.479. The molecular weight excluding hydrogens is 1170 g/mol. The van der Waals surface area contributed by atoms with Crippen LogP contribution in [0.4, 0.5) is 5.95 Å². The molecule has 437 valence electrons. The molecule has 2 aromatic heterocycles. The van der Waals surface area contributed by atoms with Gasteiger partial charge in [-0.15, -0.1) is 0 Å². The Balaban J connectivity index is 0.0000138. The fourth-order valence-electron chi connectivity index (χ4n) is 8.97. The molecule has 1 aliphatic rings. The smallest absolute Gasteiger partial charge is 0.323 e. The van der Waals surface area contributed by atoms with Crippen LogP contribution < -0.4 is 31.4 Å². The molecule has 13 N–H and O–H groups in total. The van der Waals surface area contributed by atoms with Gasteiger partial charge in [-0.2, -0.15) is 4.72 Å². The number of fused-ring (bicyclic) bond motifs is 1. The maximum Gasteiger partial charge on any atom is 0.323 e. The number of pyridine rings is 1. The number of nitrogens with zero attached hydrogens (tertiary/aromatic N) is 6. The predicted octanol–water partition coefficient (Wildman–Crippen LogP) is -0.889. The van der Waals surface area contributed by atoms with Crippen molar-refractivity contribution in [2.45, 2.75) is 57.3 Å². The van der Waals surface area contributed by atoms with Gasteiger partial charge in [-0.1, -0.05) is 23.8 Å². The Hall–Kier alpha value is -5.97. The molecule has 80 heavy (non-hydrogen) atoms. The van der Waals surface area contributed by atoms with Crippen molar-refractivity contribution in [1.29, 1.82) is 0 Å². The third-order valence-corrected chi connectivity index (χ3v) is 15.1. The van der Waals surface area contributed by atoms with Gasteiger partial charge in [0.05, 0.1) is 53.2 Å². The number of benzene rings is 2. The molecule has 1 aliphatic heterocycles. The molecule has 0 unspecified atom stereocenters. The summed E-state index contributed by atoms with van der Waals surface area (Å²) in [6.07, 6.45) is 4.45. The van der Waals surface area contributed by atoms with Crippen molar-refractivity contribution in [3.63, 3.8) is 0 Å². The molecule has 0 saturated carbocycles. The summed E-state index contributed by atoms with van der Waals surface area (Å²) in [5.41, 5.74) is 1.37. The molecule has 29 nitrogen and oxygen atoms in total. The Bertz CT molecular complexity index is 2960. The van der Waals surface area contributed by atoms with Gasteiger partial charge in [-0.3, -0.25) is 58.0 Å². The average Bonchev–Trinajstić information content (AvgIpc) is 3.87. The number of imidazole rings is 1. The van der Waals surface area contributed by atoms with Gasteiger partial charge < -0.3 is 64.9 Å². The molecule has 1 saturated heterocycles. The van der Waals surface area contributed by atoms with Crippen LogP contribution in [-0.2, 0) is 84.6 Å². The summed E-state index contributed by atoms with van der Waals surface area (Å²) >= 11 is 0. The molecular formula is C48H68N12O17S2Y. The summed E-state index contributed by atoms with van der Waals surface area (Å²) in [6, 6.07) is 4.47. The predicted molar refractivity (Wildman–Crippen MR) is 287 cm³/mol. The van der Waals surface area contributed by atoms with E-state index in [0.717, 1.165) is 5.56 Å². The minimum absolute atomic E-state index is 0. The number of sulfonamides is 1. The first-order chi connectivity index (χ1) is 37.2. The zero-order valence-corrected chi connectivity index (χ0v) is 48.8. The molecule has 0 aliphatic carbocycles. The van der Waals surface area contributed by atoms with Gasteiger partial charge in [-0.25, -0.2) is 13.4 Å². The van der Waals surface area contributed by atoms with E-state index in [4.69, 9.17) is 0 Å². The van der Waals surface area contributed by atoms with Crippen LogP contribution in [0.5, 0.6) is 0 Å². The van der Waals surface area contributed by atoms with E-state index in [-0.39, 0.29) is 128 Å². The van der Waals surface area contributed by atoms with E-state index in [9.17, 15) is 80.9 Å². The third kappa shape index (κ3) is 21.2. The largest absolute Gasteiger partial charge is 0.480 e. The summed E-state index contributed by atoms with van der Waals surface area (Å²) in [6.45, 7) is 3.32. The van der Waals surface area contributed by atoms with Crippen molar-refractivity contribution in [3.05, 3.63) is 87.0 Å². The van der Waals surface area contributed by atoms with Crippen molar-refractivity contribution in [2.24, 2.45) is 0 Å². The van der Waals surface area contributed by atoms with Crippen LogP contribution in [0, 0.1) is 20.8 Å². The van der Waals surface area contributed by atoms with Crippen molar-refractivity contribution in [1.82, 2.24) is 54.8 Å². The molecule has 1 fully saturated rings. The van der Waals surface area contributed by atoms with Crippen LogP contribution in [0.1, 0.15) is 39.0 Å². The standard InChI is InChI=1S/C48H68N12O17S2.Y/c1-30-19-31(2)44(32(3)20-30)79(76,77)55-36(47(71)72)23-52-45(69)35-24-60(38-21-33(5-6-34(38)43(35)68)22-53-48-50-8-9-51-48)10-4-7-49-46(70)37(29-78(73,74)75)54-39(61)25-56-11-13-57(26-40(62)63)15-17-59(28-42(66)67)18-16-58(14-12-56)27-41(64)65;/h5-6,8-9,19-21,24,36-37,55,73-75H,4,7,10-18,22-23,25-29H2,1-3H3,(H,49,70)(H,52,69)(H,54,61)(H,62,63)(H,64,65)(H,66,67)(H,71,72)(H2,50,51,53);/t36-,37-;/m0./s1. The normalized spacial score (nSPS) is 15.5. The van der Waals surface area contributed by atoms with Crippen LogP contribution in [0.25, 0.3) is 10.9 Å². The number of rotatable bonds is 26. The minimum Gasteiger partial charge on any atom is -0.480 e. The van der Waals surface area contributed by atoms with Gasteiger partial charge in [-0.05, 0) is 56.0 Å². The average molecular weight is 1240 g/mol. The Morgan fingerprint density at radius 3 is 1.76 bits per heavy atom. The molecule has 0 spiro atoms. The Kier molecular flexibility index (Phi) is 25.6. The van der Waals surface area contributed by atoms with Crippen molar-refractivity contribution in [2.75, 3.05) is 103 Å². The summed E-state index contributed by atoms with van der Waals surface area (Å²) in [4.78, 5) is 116. The first kappa shape index (κ1) is 66.5. The molecule has 1 radical (unpaired) electrons. The van der Waals surface area contributed by atoms with E-state index in [1.165, 1.54) is 16.8 Å². The summed E-state index contributed by atoms with van der Waals surface area (Å²) in [5, 5.41) is 49.1. The number of aliphatic carboxylic acids is 4. The van der Waals surface area contributed by atoms with E-state index in [1.54, 1.807) is 77.0 Å². The second-order valence-electron chi connectivity index (χ2n) is 19.0. The second-order valence-corrected chi connectivity index (χ2v) is 22.3. The molecule has 2 aromatic carbocycles. The van der Waals surface area contributed by atoms with E-state index in [0.29, 0.717) is 28.2 Å². The van der Waals surface area contributed by atoms with Gasteiger partial charge in [0, 0.05) is 135 Å². The van der Waals surface area contributed by atoms with Crippen LogP contribution in [0.2, 0.25) is 0 Å². The van der Waals surface area contributed by atoms with Gasteiger partial charge in [0.25, 0.3) is 5.91 Å². The van der Waals surface area contributed by atoms with Crippen LogP contribution >= 0.6 is 10.9 Å². The molecule has 4 aromatic rings. The van der Waals surface area contributed by atoms with E-state index >= 15 is 0 Å². The number of H-pyrrole nitrogens is 1. The Labute approximate surface area is 486 Å². The van der Waals surface area contributed by atoms with Crippen molar-refractivity contribution >= 4 is 79.3 Å². The van der Waals surface area contributed by atoms with E-state index in [2.05, 4.69) is 36.0 Å². The molecule has 3 amide bonds. The number of aromatic amines is 1. The van der Waals surface area contributed by atoms with Crippen molar-refractivity contribution in [3.8, 4) is 0 Å². The Morgan fingerprint density at radius 2 is 1.27 bits per heavy atom. The number of nitrogens with one attached hydrogen (secondary N) is 6. The minimum atomic E-state index is -4.42. The van der Waals surface area contributed by atoms with Crippen LogP contribution in [0.15, 0.2) is 58.6 Å². The number of anilines is 1. The number of hydrogen-bond acceptors (Lipinski definition) is 19. The SMILES string of the molecule is Cc1cc(C)c(S(=O)(=O)N[C@@H](CNC(=O)c2cn(CCCNC(=O)[C@H](CS(O)(O)O)NC(=O)CN3CCN(CC(=O)O)CCN(CC(=O)O)CCN(CC(=O)O)CC3)c3cc(CNc4ncc[nH]4)ccc3c2=O)C(=O)O)c(C)c1.[Y]. The summed E-state index contributed by atoms with van der Waals surface area (Å²) < 4.78 is 60.7. The topological polar surface area (TPSA) is 419 Å². The summed E-state index contributed by atoms with van der Waals surface area (Å²) in [5.74, 6) is -8.43. The Morgan fingerprint density at radius 1 is 0.738 bits per heavy atom. The van der Waals surface area contributed by atoms with Gasteiger partial charge in [0.2, 0.25) is 27.3 Å². The quantitative estimate of drug-likeness (QED) is 0.0339. The number of aryl methyl sites for hydroxylation is 4. The van der Waals surface area contributed by atoms with Gasteiger partial charge >= 0.3 is 23.9 Å². The van der Waals surface area contributed by atoms with E-state index in [1.807, 2.05) is 0 Å². The zero-order chi connectivity index (χ0) is 58.2. The number of carboxylic acid groups (broad SMARTS) is 4. The first-order valence-corrected chi connectivity index (χ1v) is 27.9. The second kappa shape index (κ2) is 30.7. The monoisotopic (exact) mass is 1240 g/mol. The zero-order valence-electron chi connectivity index (χ0n) is 44.3. The number of carboxylic acids is 4. The fourth-order valence-corrected chi connectivity index (χ4v) is 11.3. The van der Waals surface area contributed by atoms with Crippen LogP contribution in [0.3, 0.4) is 0 Å². The molecule has 0 bridgehead atoms. The number of carbonyl (C=O) groups is 7. The number of carbonyl (C=O) groups excluding carboxylic acids is 3. The number of amides is 3. The van der Waals surface area contributed by atoms with Gasteiger partial charge in [0.15, 0.2) is 5.95 Å².